The van der Waals surface area contributed by atoms with Crippen molar-refractivity contribution in [2.75, 3.05) is 60.8 Å². The molecule has 0 saturated carbocycles. The second kappa shape index (κ2) is 18.2. The van der Waals surface area contributed by atoms with E-state index in [2.05, 4.69) is 6.07 Å². The lowest BCUT2D eigenvalue weighted by Crippen LogP contribution is -2.15. The van der Waals surface area contributed by atoms with Gasteiger partial charge in [-0.05, 0) is 60.9 Å². The van der Waals surface area contributed by atoms with Crippen molar-refractivity contribution in [1.82, 2.24) is 0 Å². The average molecular weight is 614 g/mol. The number of hydrogen-bond acceptors (Lipinski definition) is 10. The van der Waals surface area contributed by atoms with Gasteiger partial charge >= 0.3 is 0 Å². The molecule has 0 aliphatic heterocycles. The molecule has 0 aliphatic carbocycles. The zero-order chi connectivity index (χ0) is 30.9. The summed E-state index contributed by atoms with van der Waals surface area (Å²) >= 11 is 0. The van der Waals surface area contributed by atoms with Gasteiger partial charge in [0.15, 0.2) is 13.6 Å². The topological polar surface area (TPSA) is 123 Å². The normalized spacial score (nSPS) is 12.8. The molecule has 0 bridgehead atoms. The molecule has 3 rings (SSSR count). The van der Waals surface area contributed by atoms with Gasteiger partial charge in [0.25, 0.3) is 10.1 Å². The predicted octanol–water partition coefficient (Wildman–Crippen LogP) is 5.18. The van der Waals surface area contributed by atoms with E-state index in [0.29, 0.717) is 37.9 Å². The molecule has 0 N–H and O–H groups in total. The quantitative estimate of drug-likeness (QED) is 0.0957. The van der Waals surface area contributed by atoms with Crippen LogP contribution in [0.2, 0.25) is 0 Å². The lowest BCUT2D eigenvalue weighted by atomic mass is 9.80. The molecule has 0 heterocycles. The van der Waals surface area contributed by atoms with E-state index in [1.54, 1.807) is 50.6 Å². The van der Waals surface area contributed by atoms with Crippen LogP contribution in [0.25, 0.3) is 0 Å². The van der Waals surface area contributed by atoms with Gasteiger partial charge in [-0.3, -0.25) is 4.18 Å². The molecule has 0 saturated heterocycles. The third-order valence-electron chi connectivity index (χ3n) is 6.55. The van der Waals surface area contributed by atoms with Crippen LogP contribution in [0.3, 0.4) is 0 Å². The Kier molecular flexibility index (Phi) is 14.4. The maximum absolute atomic E-state index is 12.8. The van der Waals surface area contributed by atoms with Crippen LogP contribution in [0.4, 0.5) is 0 Å². The summed E-state index contributed by atoms with van der Waals surface area (Å²) in [6, 6.07) is 23.4. The first-order chi connectivity index (χ1) is 20.9. The standard InChI is InChI=1S/C32H39NO9S/c1-25-4-14-30(15-5-25)43(34,35)42-17-16-31(26-6-10-28(11-7-26)40-23-38-20-18-36-2)32(22-33)27-8-12-29(13-9-27)41-24-39-21-19-37-3/h4-15,31-32H,16-21,23-24H2,1-3H3/t31-,32+/m0/s1. The van der Waals surface area contributed by atoms with Gasteiger partial charge < -0.3 is 28.4 Å². The van der Waals surface area contributed by atoms with Gasteiger partial charge in [0.1, 0.15) is 11.5 Å². The van der Waals surface area contributed by atoms with Gasteiger partial charge in [0.2, 0.25) is 0 Å². The van der Waals surface area contributed by atoms with Crippen LogP contribution in [0, 0.1) is 18.3 Å². The van der Waals surface area contributed by atoms with Crippen molar-refractivity contribution in [3.05, 3.63) is 89.5 Å². The average Bonchev–Trinajstić information content (AvgIpc) is 3.01. The predicted molar refractivity (Wildman–Crippen MR) is 160 cm³/mol. The summed E-state index contributed by atoms with van der Waals surface area (Å²) < 4.78 is 62.9. The van der Waals surface area contributed by atoms with Crippen LogP contribution in [-0.2, 0) is 33.2 Å². The minimum absolute atomic E-state index is 0.0729. The SMILES string of the molecule is COCCOCOc1ccc([C@@H](C#N)[C@@H](CCOS(=O)(=O)c2ccc(C)cc2)c2ccc(OCOCCOC)cc2)cc1. The number of nitriles is 1. The Hall–Kier alpha value is -3.50. The van der Waals surface area contributed by atoms with Crippen LogP contribution in [-0.4, -0.2) is 69.3 Å². The van der Waals surface area contributed by atoms with E-state index in [1.165, 1.54) is 12.1 Å². The summed E-state index contributed by atoms with van der Waals surface area (Å²) in [5, 5.41) is 10.3. The second-order valence-electron chi connectivity index (χ2n) is 9.56. The van der Waals surface area contributed by atoms with Crippen LogP contribution < -0.4 is 9.47 Å². The highest BCUT2D eigenvalue weighted by molar-refractivity contribution is 7.86. The lowest BCUT2D eigenvalue weighted by Gasteiger charge is -2.23. The first-order valence-corrected chi connectivity index (χ1v) is 15.2. The van der Waals surface area contributed by atoms with Crippen molar-refractivity contribution < 1.29 is 41.0 Å². The number of methoxy groups -OCH3 is 2. The molecule has 0 amide bonds. The molecule has 0 aromatic heterocycles. The first-order valence-electron chi connectivity index (χ1n) is 13.8. The fourth-order valence-corrected chi connectivity index (χ4v) is 5.11. The van der Waals surface area contributed by atoms with Gasteiger partial charge in [-0.2, -0.15) is 13.7 Å². The summed E-state index contributed by atoms with van der Waals surface area (Å²) in [4.78, 5) is 0.0856. The highest BCUT2D eigenvalue weighted by atomic mass is 32.2. The van der Waals surface area contributed by atoms with E-state index in [4.69, 9.17) is 32.6 Å². The zero-order valence-corrected chi connectivity index (χ0v) is 25.6. The molecule has 0 radical (unpaired) electrons. The third-order valence-corrected chi connectivity index (χ3v) is 7.87. The van der Waals surface area contributed by atoms with E-state index < -0.39 is 16.0 Å². The third kappa shape index (κ3) is 11.3. The second-order valence-corrected chi connectivity index (χ2v) is 11.2. The van der Waals surface area contributed by atoms with Crippen LogP contribution in [0.5, 0.6) is 11.5 Å². The number of hydrogen-bond donors (Lipinski definition) is 0. The molecular weight excluding hydrogens is 574 g/mol. The highest BCUT2D eigenvalue weighted by Crippen LogP contribution is 2.37. The van der Waals surface area contributed by atoms with Crippen molar-refractivity contribution in [3.8, 4) is 17.6 Å². The largest absolute Gasteiger partial charge is 0.468 e. The van der Waals surface area contributed by atoms with E-state index in [-0.39, 0.29) is 37.4 Å². The molecule has 3 aromatic rings. The molecule has 0 fully saturated rings. The van der Waals surface area contributed by atoms with Crippen molar-refractivity contribution in [2.45, 2.75) is 30.1 Å². The Morgan fingerprint density at radius 1 is 0.698 bits per heavy atom. The summed E-state index contributed by atoms with van der Waals surface area (Å²) in [6.07, 6.45) is 0.273. The molecule has 3 aromatic carbocycles. The first kappa shape index (κ1) is 34.0. The maximum Gasteiger partial charge on any atom is 0.296 e. The molecule has 0 unspecified atom stereocenters. The van der Waals surface area contributed by atoms with Gasteiger partial charge in [0, 0.05) is 20.1 Å². The number of nitrogens with zero attached hydrogens (tertiary/aromatic N) is 1. The molecule has 10 nitrogen and oxygen atoms in total. The summed E-state index contributed by atoms with van der Waals surface area (Å²) in [5.41, 5.74) is 2.54. The summed E-state index contributed by atoms with van der Waals surface area (Å²) in [6.45, 7) is 3.69. The van der Waals surface area contributed by atoms with Crippen molar-refractivity contribution >= 4 is 10.1 Å². The van der Waals surface area contributed by atoms with Crippen LogP contribution in [0.15, 0.2) is 77.7 Å². The van der Waals surface area contributed by atoms with Crippen LogP contribution in [0.1, 0.15) is 34.9 Å². The maximum atomic E-state index is 12.8. The van der Waals surface area contributed by atoms with E-state index >= 15 is 0 Å². The number of aryl methyl sites for hydroxylation is 1. The minimum atomic E-state index is -3.96. The van der Waals surface area contributed by atoms with Gasteiger partial charge in [-0.25, -0.2) is 0 Å². The van der Waals surface area contributed by atoms with Crippen LogP contribution >= 0.6 is 0 Å². The van der Waals surface area contributed by atoms with Gasteiger partial charge in [-0.15, -0.1) is 0 Å². The van der Waals surface area contributed by atoms with E-state index in [0.717, 1.165) is 16.7 Å². The zero-order valence-electron chi connectivity index (χ0n) is 24.8. The number of benzene rings is 3. The fraction of sp³-hybridized carbons (Fsp3) is 0.406. The van der Waals surface area contributed by atoms with E-state index in [9.17, 15) is 13.7 Å². The molecule has 43 heavy (non-hydrogen) atoms. The van der Waals surface area contributed by atoms with Gasteiger partial charge in [-0.1, -0.05) is 42.0 Å². The molecule has 11 heteroatoms. The Balaban J connectivity index is 1.74. The molecule has 0 aliphatic rings. The smallest absolute Gasteiger partial charge is 0.296 e. The highest BCUT2D eigenvalue weighted by Gasteiger charge is 2.26. The Morgan fingerprint density at radius 3 is 1.70 bits per heavy atom. The fourth-order valence-electron chi connectivity index (χ4n) is 4.18. The Bertz CT molecular complexity index is 1360. The van der Waals surface area contributed by atoms with Crippen molar-refractivity contribution in [3.63, 3.8) is 0 Å². The molecular formula is C32H39NO9S. The molecule has 0 spiro atoms. The lowest BCUT2D eigenvalue weighted by molar-refractivity contribution is -0.00858. The number of rotatable bonds is 20. The monoisotopic (exact) mass is 613 g/mol. The summed E-state index contributed by atoms with van der Waals surface area (Å²) in [5.74, 6) is 0.216. The Morgan fingerprint density at radius 2 is 1.21 bits per heavy atom. The minimum Gasteiger partial charge on any atom is -0.468 e. The van der Waals surface area contributed by atoms with Crippen molar-refractivity contribution in [1.29, 1.82) is 5.26 Å². The van der Waals surface area contributed by atoms with E-state index in [1.807, 2.05) is 31.2 Å². The van der Waals surface area contributed by atoms with Gasteiger partial charge in [0.05, 0.1) is 49.9 Å². The Labute approximate surface area is 254 Å². The van der Waals surface area contributed by atoms with Crippen molar-refractivity contribution in [2.24, 2.45) is 0 Å². The molecule has 232 valence electrons. The molecule has 2 atom stereocenters. The summed E-state index contributed by atoms with van der Waals surface area (Å²) in [7, 11) is -0.764. The number of ether oxygens (including phenoxy) is 6.